The first-order chi connectivity index (χ1) is 12.8. The lowest BCUT2D eigenvalue weighted by atomic mass is 10.0. The SMILES string of the molecule is Cc1ccc(-c2c[n+](CC(=O)c3cccc([N+](=O)[O-])c3)c(N)n2C)cc1C. The number of carbonyl (C=O) groups excluding carboxylic acids is 1. The van der Waals surface area contributed by atoms with E-state index in [1.54, 1.807) is 10.6 Å². The van der Waals surface area contributed by atoms with Crippen molar-refractivity contribution < 1.29 is 14.3 Å². The zero-order valence-corrected chi connectivity index (χ0v) is 15.5. The second kappa shape index (κ2) is 7.03. The topological polar surface area (TPSA) is 95.0 Å². The van der Waals surface area contributed by atoms with E-state index in [2.05, 4.69) is 13.0 Å². The minimum atomic E-state index is -0.515. The molecule has 0 bridgehead atoms. The molecule has 0 saturated heterocycles. The number of hydrogen-bond donors (Lipinski definition) is 1. The molecule has 0 aliphatic carbocycles. The molecular weight excluding hydrogens is 344 g/mol. The second-order valence-corrected chi connectivity index (χ2v) is 6.59. The van der Waals surface area contributed by atoms with Crippen LogP contribution in [0.25, 0.3) is 11.3 Å². The van der Waals surface area contributed by atoms with Crippen molar-refractivity contribution in [3.63, 3.8) is 0 Å². The monoisotopic (exact) mass is 365 g/mol. The Hall–Kier alpha value is -3.48. The fourth-order valence-electron chi connectivity index (χ4n) is 2.95. The Morgan fingerprint density at radius 2 is 1.93 bits per heavy atom. The molecule has 0 saturated carbocycles. The average molecular weight is 365 g/mol. The third kappa shape index (κ3) is 3.57. The van der Waals surface area contributed by atoms with Crippen LogP contribution in [0.5, 0.6) is 0 Å². The highest BCUT2D eigenvalue weighted by molar-refractivity contribution is 5.95. The fraction of sp³-hybridized carbons (Fsp3) is 0.200. The third-order valence-corrected chi connectivity index (χ3v) is 4.77. The third-order valence-electron chi connectivity index (χ3n) is 4.77. The number of hydrogen-bond acceptors (Lipinski definition) is 4. The van der Waals surface area contributed by atoms with E-state index in [0.717, 1.165) is 11.3 Å². The maximum atomic E-state index is 12.6. The molecular formula is C20H21N4O3+. The van der Waals surface area contributed by atoms with Crippen molar-refractivity contribution in [2.24, 2.45) is 7.05 Å². The van der Waals surface area contributed by atoms with Crippen molar-refractivity contribution in [1.29, 1.82) is 0 Å². The van der Waals surface area contributed by atoms with Gasteiger partial charge in [0.1, 0.15) is 18.4 Å². The molecule has 7 nitrogen and oxygen atoms in total. The van der Waals surface area contributed by atoms with Crippen molar-refractivity contribution in [3.05, 3.63) is 75.5 Å². The van der Waals surface area contributed by atoms with Crippen molar-refractivity contribution in [3.8, 4) is 11.3 Å². The largest absolute Gasteiger partial charge is 0.355 e. The standard InChI is InChI=1S/C20H20N4O3/c1-13-7-8-15(9-14(13)2)18-11-23(20(21)22(18)3)12-19(25)16-5-4-6-17(10-16)24(26)27/h4-11,21H,12H2,1-3H3/p+1. The Morgan fingerprint density at radius 3 is 2.59 bits per heavy atom. The number of carbonyl (C=O) groups is 1. The number of nitrogen functional groups attached to an aromatic ring is 1. The van der Waals surface area contributed by atoms with Gasteiger partial charge in [0, 0.05) is 23.3 Å². The van der Waals surface area contributed by atoms with Crippen LogP contribution in [0.2, 0.25) is 0 Å². The highest BCUT2D eigenvalue weighted by atomic mass is 16.6. The molecule has 1 aromatic heterocycles. The Labute approximate surface area is 156 Å². The van der Waals surface area contributed by atoms with E-state index in [-0.39, 0.29) is 23.6 Å². The minimum Gasteiger partial charge on any atom is -0.291 e. The summed E-state index contributed by atoms with van der Waals surface area (Å²) < 4.78 is 3.48. The number of aromatic nitrogens is 2. The number of nitrogens with two attached hydrogens (primary N) is 1. The van der Waals surface area contributed by atoms with Gasteiger partial charge in [-0.05, 0) is 31.0 Å². The molecule has 0 spiro atoms. The number of imidazole rings is 1. The molecule has 2 aromatic carbocycles. The summed E-state index contributed by atoms with van der Waals surface area (Å²) >= 11 is 0. The van der Waals surface area contributed by atoms with Crippen molar-refractivity contribution >= 4 is 17.4 Å². The smallest absolute Gasteiger partial charge is 0.291 e. The molecule has 2 N–H and O–H groups in total. The van der Waals surface area contributed by atoms with Crippen LogP contribution >= 0.6 is 0 Å². The number of anilines is 1. The predicted octanol–water partition coefficient (Wildman–Crippen LogP) is 2.97. The normalized spacial score (nSPS) is 10.8. The maximum Gasteiger partial charge on any atom is 0.355 e. The fourth-order valence-corrected chi connectivity index (χ4v) is 2.95. The summed E-state index contributed by atoms with van der Waals surface area (Å²) in [5.41, 5.74) is 10.6. The number of nitrogens with zero attached hydrogens (tertiary/aromatic N) is 3. The summed E-state index contributed by atoms with van der Waals surface area (Å²) in [5, 5.41) is 10.9. The van der Waals surface area contributed by atoms with Crippen LogP contribution in [-0.2, 0) is 13.6 Å². The van der Waals surface area contributed by atoms with Crippen molar-refractivity contribution in [2.75, 3.05) is 5.73 Å². The van der Waals surface area contributed by atoms with Gasteiger partial charge in [-0.2, -0.15) is 0 Å². The van der Waals surface area contributed by atoms with E-state index in [0.29, 0.717) is 5.95 Å². The van der Waals surface area contributed by atoms with E-state index in [1.807, 2.05) is 36.9 Å². The van der Waals surface area contributed by atoms with Gasteiger partial charge in [-0.1, -0.05) is 24.3 Å². The molecule has 0 aliphatic heterocycles. The molecule has 7 heteroatoms. The summed E-state index contributed by atoms with van der Waals surface area (Å²) in [6.45, 7) is 4.10. The lowest BCUT2D eigenvalue weighted by molar-refractivity contribution is -0.667. The van der Waals surface area contributed by atoms with Gasteiger partial charge >= 0.3 is 5.95 Å². The van der Waals surface area contributed by atoms with Crippen LogP contribution in [0, 0.1) is 24.0 Å². The van der Waals surface area contributed by atoms with Crippen molar-refractivity contribution in [1.82, 2.24) is 4.57 Å². The zero-order valence-electron chi connectivity index (χ0n) is 15.5. The zero-order chi connectivity index (χ0) is 19.7. The summed E-state index contributed by atoms with van der Waals surface area (Å²) in [7, 11) is 1.84. The van der Waals surface area contributed by atoms with Crippen LogP contribution in [-0.4, -0.2) is 15.3 Å². The number of ketones is 1. The molecule has 0 radical (unpaired) electrons. The number of nitro groups is 1. The van der Waals surface area contributed by atoms with Gasteiger partial charge in [-0.25, -0.2) is 9.13 Å². The van der Waals surface area contributed by atoms with Gasteiger partial charge < -0.3 is 0 Å². The van der Waals surface area contributed by atoms with E-state index in [9.17, 15) is 14.9 Å². The Balaban J connectivity index is 1.92. The van der Waals surface area contributed by atoms with Gasteiger partial charge in [0.15, 0.2) is 5.78 Å². The number of nitro benzene ring substituents is 1. The van der Waals surface area contributed by atoms with Crippen LogP contribution in [0.3, 0.4) is 0 Å². The quantitative estimate of drug-likeness (QED) is 0.325. The van der Waals surface area contributed by atoms with Gasteiger partial charge in [0.2, 0.25) is 0 Å². The summed E-state index contributed by atoms with van der Waals surface area (Å²) in [5.74, 6) is 0.189. The van der Waals surface area contributed by atoms with E-state index < -0.39 is 4.92 Å². The van der Waals surface area contributed by atoms with Gasteiger partial charge in [-0.3, -0.25) is 20.6 Å². The molecule has 3 aromatic rings. The van der Waals surface area contributed by atoms with E-state index in [1.165, 1.54) is 29.3 Å². The number of aryl methyl sites for hydroxylation is 2. The van der Waals surface area contributed by atoms with Gasteiger partial charge in [0.25, 0.3) is 5.69 Å². The Morgan fingerprint density at radius 1 is 1.19 bits per heavy atom. The first-order valence-electron chi connectivity index (χ1n) is 8.48. The summed E-state index contributed by atoms with van der Waals surface area (Å²) in [6.07, 6.45) is 1.83. The Bertz CT molecular complexity index is 1050. The molecule has 27 heavy (non-hydrogen) atoms. The molecule has 3 rings (SSSR count). The summed E-state index contributed by atoms with van der Waals surface area (Å²) in [4.78, 5) is 23.0. The van der Waals surface area contributed by atoms with Crippen LogP contribution in [0.15, 0.2) is 48.7 Å². The predicted molar refractivity (Wildman–Crippen MR) is 102 cm³/mol. The highest BCUT2D eigenvalue weighted by Crippen LogP contribution is 2.23. The van der Waals surface area contributed by atoms with Gasteiger partial charge in [-0.15, -0.1) is 0 Å². The molecule has 1 heterocycles. The van der Waals surface area contributed by atoms with Crippen LogP contribution < -0.4 is 10.3 Å². The van der Waals surface area contributed by atoms with Gasteiger partial charge in [0.05, 0.1) is 12.0 Å². The highest BCUT2D eigenvalue weighted by Gasteiger charge is 2.21. The average Bonchev–Trinajstić information content (AvgIpc) is 2.92. The molecule has 0 fully saturated rings. The van der Waals surface area contributed by atoms with Crippen LogP contribution in [0.1, 0.15) is 21.5 Å². The molecule has 0 aliphatic rings. The first kappa shape index (κ1) is 18.3. The number of rotatable bonds is 5. The van der Waals surface area contributed by atoms with E-state index >= 15 is 0 Å². The van der Waals surface area contributed by atoms with Crippen molar-refractivity contribution in [2.45, 2.75) is 20.4 Å². The Kier molecular flexibility index (Phi) is 4.77. The maximum absolute atomic E-state index is 12.6. The van der Waals surface area contributed by atoms with Crippen LogP contribution in [0.4, 0.5) is 11.6 Å². The first-order valence-corrected chi connectivity index (χ1v) is 8.48. The van der Waals surface area contributed by atoms with E-state index in [4.69, 9.17) is 5.73 Å². The molecule has 0 atom stereocenters. The number of Topliss-reactive ketones (excluding diaryl/α,β-unsaturated/α-hetero) is 1. The summed E-state index contributed by atoms with van der Waals surface area (Å²) in [6, 6.07) is 11.9. The molecule has 0 amide bonds. The molecule has 138 valence electrons. The minimum absolute atomic E-state index is 0.00564. The number of non-ortho nitro benzene ring substituents is 1. The lowest BCUT2D eigenvalue weighted by Crippen LogP contribution is -2.39. The lowest BCUT2D eigenvalue weighted by Gasteiger charge is -2.03. The second-order valence-electron chi connectivity index (χ2n) is 6.59. The number of benzene rings is 2. The molecule has 0 unspecified atom stereocenters.